The summed E-state index contributed by atoms with van der Waals surface area (Å²) in [6.07, 6.45) is 0. The maximum absolute atomic E-state index is 11.1. The molecule has 0 atom stereocenters. The third-order valence-corrected chi connectivity index (χ3v) is 4.49. The summed E-state index contributed by atoms with van der Waals surface area (Å²) in [7, 11) is 0. The van der Waals surface area contributed by atoms with Crippen LogP contribution in [0.25, 0.3) is 21.2 Å². The van der Waals surface area contributed by atoms with E-state index in [1.54, 1.807) is 17.5 Å². The van der Waals surface area contributed by atoms with Crippen LogP contribution in [0.4, 0.5) is 0 Å². The highest BCUT2D eigenvalue weighted by atomic mass is 32.1. The first-order valence-corrected chi connectivity index (χ1v) is 6.99. The highest BCUT2D eigenvalue weighted by molar-refractivity contribution is 7.14. The van der Waals surface area contributed by atoms with Crippen LogP contribution in [0.1, 0.15) is 15.9 Å². The summed E-state index contributed by atoms with van der Waals surface area (Å²) in [6.45, 7) is 1.83. The number of aromatic carboxylic acids is 1. The molecule has 4 heteroatoms. The fourth-order valence-corrected chi connectivity index (χ4v) is 3.35. The Bertz CT molecular complexity index is 818. The van der Waals surface area contributed by atoms with Crippen molar-refractivity contribution in [3.05, 3.63) is 52.9 Å². The summed E-state index contributed by atoms with van der Waals surface area (Å²) in [5.74, 6) is -0.651. The van der Waals surface area contributed by atoms with E-state index in [2.05, 4.69) is 0 Å². The summed E-state index contributed by atoms with van der Waals surface area (Å²) in [5.41, 5.74) is 2.15. The zero-order valence-electron chi connectivity index (χ0n) is 10.8. The number of carbonyl (C=O) groups is 1. The van der Waals surface area contributed by atoms with Crippen molar-refractivity contribution >= 4 is 28.1 Å². The molecule has 3 nitrogen and oxygen atoms in total. The van der Waals surface area contributed by atoms with Crippen molar-refractivity contribution in [2.45, 2.75) is 6.92 Å². The Labute approximate surface area is 119 Å². The van der Waals surface area contributed by atoms with E-state index in [1.165, 1.54) is 11.3 Å². The first kappa shape index (κ1) is 12.7. The van der Waals surface area contributed by atoms with E-state index in [9.17, 15) is 9.90 Å². The van der Waals surface area contributed by atoms with Gasteiger partial charge in [0.1, 0.15) is 5.75 Å². The third-order valence-electron chi connectivity index (χ3n) is 3.36. The third kappa shape index (κ3) is 2.04. The molecule has 0 saturated heterocycles. The van der Waals surface area contributed by atoms with Crippen LogP contribution in [-0.4, -0.2) is 16.2 Å². The van der Waals surface area contributed by atoms with Crippen LogP contribution in [0.3, 0.4) is 0 Å². The van der Waals surface area contributed by atoms with Crippen molar-refractivity contribution in [2.75, 3.05) is 0 Å². The minimum atomic E-state index is -0.893. The molecule has 0 saturated carbocycles. The number of phenolic OH excluding ortho intramolecular Hbond substituents is 1. The molecule has 3 aromatic rings. The maximum atomic E-state index is 11.1. The van der Waals surface area contributed by atoms with E-state index in [1.807, 2.05) is 31.2 Å². The number of rotatable bonds is 2. The number of phenols is 1. The molecule has 3 rings (SSSR count). The minimum absolute atomic E-state index is 0.241. The molecular formula is C16H12O3S. The van der Waals surface area contributed by atoms with Crippen molar-refractivity contribution in [2.24, 2.45) is 0 Å². The lowest BCUT2D eigenvalue weighted by atomic mass is 10.0. The van der Waals surface area contributed by atoms with E-state index < -0.39 is 5.97 Å². The van der Waals surface area contributed by atoms with Gasteiger partial charge in [-0.05, 0) is 47.0 Å². The average molecular weight is 284 g/mol. The molecule has 0 unspecified atom stereocenters. The summed E-state index contributed by atoms with van der Waals surface area (Å²) in [4.78, 5) is 12.1. The first-order chi connectivity index (χ1) is 9.56. The van der Waals surface area contributed by atoms with Crippen LogP contribution >= 0.6 is 11.3 Å². The molecule has 100 valence electrons. The van der Waals surface area contributed by atoms with Crippen LogP contribution in [0.5, 0.6) is 5.75 Å². The zero-order valence-corrected chi connectivity index (χ0v) is 11.6. The van der Waals surface area contributed by atoms with Gasteiger partial charge in [0, 0.05) is 10.3 Å². The summed E-state index contributed by atoms with van der Waals surface area (Å²) < 4.78 is 0. The Hall–Kier alpha value is -2.33. The molecule has 0 amide bonds. The number of aromatic hydroxyl groups is 1. The fraction of sp³-hybridized carbons (Fsp3) is 0.0625. The van der Waals surface area contributed by atoms with E-state index in [0.717, 1.165) is 26.8 Å². The van der Waals surface area contributed by atoms with E-state index in [-0.39, 0.29) is 5.75 Å². The van der Waals surface area contributed by atoms with Gasteiger partial charge in [-0.3, -0.25) is 0 Å². The summed E-state index contributed by atoms with van der Waals surface area (Å²) in [5, 5.41) is 22.2. The summed E-state index contributed by atoms with van der Waals surface area (Å²) >= 11 is 1.44. The molecule has 0 aliphatic rings. The standard InChI is InChI=1S/C16H12O3S/c1-9-14(16(18)19)8-20-15(9)12-3-2-11-7-13(17)5-4-10(11)6-12/h2-8,17H,1H3,(H,18,19). The number of carboxylic acid groups (broad SMARTS) is 1. The van der Waals surface area contributed by atoms with Crippen LogP contribution in [0.15, 0.2) is 41.8 Å². The molecule has 0 bridgehead atoms. The Balaban J connectivity index is 2.15. The van der Waals surface area contributed by atoms with Crippen molar-refractivity contribution in [3.63, 3.8) is 0 Å². The van der Waals surface area contributed by atoms with Crippen LogP contribution in [-0.2, 0) is 0 Å². The lowest BCUT2D eigenvalue weighted by molar-refractivity contribution is 0.0697. The molecule has 1 heterocycles. The second kappa shape index (κ2) is 4.65. The van der Waals surface area contributed by atoms with Gasteiger partial charge in [0.15, 0.2) is 0 Å². The summed E-state index contributed by atoms with van der Waals surface area (Å²) in [6, 6.07) is 11.1. The van der Waals surface area contributed by atoms with Crippen LogP contribution in [0, 0.1) is 6.92 Å². The molecule has 20 heavy (non-hydrogen) atoms. The van der Waals surface area contributed by atoms with E-state index >= 15 is 0 Å². The fourth-order valence-electron chi connectivity index (χ4n) is 2.29. The molecule has 0 aliphatic carbocycles. The largest absolute Gasteiger partial charge is 0.508 e. The van der Waals surface area contributed by atoms with Gasteiger partial charge in [-0.15, -0.1) is 11.3 Å². The SMILES string of the molecule is Cc1c(C(=O)O)csc1-c1ccc2cc(O)ccc2c1. The highest BCUT2D eigenvalue weighted by Gasteiger charge is 2.14. The molecular weight excluding hydrogens is 272 g/mol. The first-order valence-electron chi connectivity index (χ1n) is 6.11. The second-order valence-corrected chi connectivity index (χ2v) is 5.53. The molecule has 2 aromatic carbocycles. The molecule has 0 radical (unpaired) electrons. The normalized spacial score (nSPS) is 10.8. The highest BCUT2D eigenvalue weighted by Crippen LogP contribution is 2.34. The monoisotopic (exact) mass is 284 g/mol. The van der Waals surface area contributed by atoms with Gasteiger partial charge in [0.05, 0.1) is 5.56 Å². The number of benzene rings is 2. The number of hydrogen-bond acceptors (Lipinski definition) is 3. The Morgan fingerprint density at radius 2 is 1.80 bits per heavy atom. The quantitative estimate of drug-likeness (QED) is 0.738. The lowest BCUT2D eigenvalue weighted by Gasteiger charge is -2.04. The molecule has 2 N–H and O–H groups in total. The Morgan fingerprint density at radius 1 is 1.10 bits per heavy atom. The number of hydrogen-bond donors (Lipinski definition) is 2. The smallest absolute Gasteiger partial charge is 0.336 e. The van der Waals surface area contributed by atoms with Crippen molar-refractivity contribution < 1.29 is 15.0 Å². The average Bonchev–Trinajstić information content (AvgIpc) is 2.80. The predicted octanol–water partition coefficient (Wildman–Crippen LogP) is 4.28. The number of fused-ring (bicyclic) bond motifs is 1. The predicted molar refractivity (Wildman–Crippen MR) is 80.6 cm³/mol. The van der Waals surface area contributed by atoms with Crippen molar-refractivity contribution in [1.29, 1.82) is 0 Å². The molecule has 1 aromatic heterocycles. The van der Waals surface area contributed by atoms with Crippen LogP contribution in [0.2, 0.25) is 0 Å². The number of carboxylic acids is 1. The van der Waals surface area contributed by atoms with Gasteiger partial charge in [-0.1, -0.05) is 18.2 Å². The second-order valence-electron chi connectivity index (χ2n) is 4.65. The number of thiophene rings is 1. The Kier molecular flexibility index (Phi) is 2.95. The van der Waals surface area contributed by atoms with Gasteiger partial charge in [-0.25, -0.2) is 4.79 Å². The van der Waals surface area contributed by atoms with E-state index in [0.29, 0.717) is 5.56 Å². The van der Waals surface area contributed by atoms with Crippen molar-refractivity contribution in [1.82, 2.24) is 0 Å². The van der Waals surface area contributed by atoms with Gasteiger partial charge < -0.3 is 10.2 Å². The molecule has 0 aliphatic heterocycles. The van der Waals surface area contributed by atoms with E-state index in [4.69, 9.17) is 5.11 Å². The van der Waals surface area contributed by atoms with Gasteiger partial charge in [-0.2, -0.15) is 0 Å². The van der Waals surface area contributed by atoms with Gasteiger partial charge in [0.25, 0.3) is 0 Å². The lowest BCUT2D eigenvalue weighted by Crippen LogP contribution is -1.95. The topological polar surface area (TPSA) is 57.5 Å². The van der Waals surface area contributed by atoms with Gasteiger partial charge in [0.2, 0.25) is 0 Å². The van der Waals surface area contributed by atoms with Gasteiger partial charge >= 0.3 is 5.97 Å². The molecule has 0 spiro atoms. The molecule has 0 fully saturated rings. The van der Waals surface area contributed by atoms with Crippen LogP contribution < -0.4 is 0 Å². The van der Waals surface area contributed by atoms with Crippen molar-refractivity contribution in [3.8, 4) is 16.2 Å². The minimum Gasteiger partial charge on any atom is -0.508 e. The Morgan fingerprint density at radius 3 is 2.50 bits per heavy atom. The zero-order chi connectivity index (χ0) is 14.3. The maximum Gasteiger partial charge on any atom is 0.336 e.